The van der Waals surface area contributed by atoms with E-state index in [0.29, 0.717) is 10.9 Å². The Morgan fingerprint density at radius 2 is 1.85 bits per heavy atom. The van der Waals surface area contributed by atoms with Crippen LogP contribution in [0.3, 0.4) is 0 Å². The molecule has 2 aromatic rings. The maximum atomic E-state index is 10.2. The lowest BCUT2D eigenvalue weighted by molar-refractivity contribution is -0.0179. The lowest BCUT2D eigenvalue weighted by atomic mass is 9.91. The molecule has 2 N–H and O–H groups in total. The Labute approximate surface area is 126 Å². The summed E-state index contributed by atoms with van der Waals surface area (Å²) in [4.78, 5) is 0. The predicted octanol–water partition coefficient (Wildman–Crippen LogP) is 4.24. The molecule has 0 saturated heterocycles. The van der Waals surface area contributed by atoms with Crippen molar-refractivity contribution < 1.29 is 14.9 Å². The first kappa shape index (κ1) is 13.5. The van der Waals surface area contributed by atoms with Gasteiger partial charge < -0.3 is 14.9 Å². The second-order valence-corrected chi connectivity index (χ2v) is 5.86. The molecular weight excluding hydrogens is 320 g/mol. The third-order valence-electron chi connectivity index (χ3n) is 3.73. The predicted molar refractivity (Wildman–Crippen MR) is 79.9 cm³/mol. The molecule has 20 heavy (non-hydrogen) atoms. The highest BCUT2D eigenvalue weighted by atomic mass is 79.9. The fourth-order valence-electron chi connectivity index (χ4n) is 2.68. The molecule has 0 bridgehead atoms. The SMILES string of the molecule is CC1OC(c2ccccc2)Cc2c1cc(Br)c(O)c2O. The highest BCUT2D eigenvalue weighted by molar-refractivity contribution is 9.10. The van der Waals surface area contributed by atoms with E-state index in [1.54, 1.807) is 0 Å². The summed E-state index contributed by atoms with van der Waals surface area (Å²) in [6, 6.07) is 11.7. The van der Waals surface area contributed by atoms with E-state index in [0.717, 1.165) is 16.7 Å². The minimum atomic E-state index is -0.133. The molecule has 2 atom stereocenters. The van der Waals surface area contributed by atoms with Gasteiger partial charge in [-0.1, -0.05) is 30.3 Å². The van der Waals surface area contributed by atoms with Crippen molar-refractivity contribution in [3.8, 4) is 11.5 Å². The second kappa shape index (κ2) is 5.11. The summed E-state index contributed by atoms with van der Waals surface area (Å²) in [6.07, 6.45) is 0.313. The third-order valence-corrected chi connectivity index (χ3v) is 4.34. The van der Waals surface area contributed by atoms with Gasteiger partial charge in [0.05, 0.1) is 16.7 Å². The summed E-state index contributed by atoms with van der Waals surface area (Å²) in [6.45, 7) is 1.96. The topological polar surface area (TPSA) is 49.7 Å². The normalized spacial score (nSPS) is 21.5. The Hall–Kier alpha value is -1.52. The Morgan fingerprint density at radius 1 is 1.15 bits per heavy atom. The van der Waals surface area contributed by atoms with E-state index in [-0.39, 0.29) is 23.7 Å². The molecule has 0 aromatic heterocycles. The van der Waals surface area contributed by atoms with Crippen LogP contribution in [0.5, 0.6) is 11.5 Å². The molecule has 3 nitrogen and oxygen atoms in total. The van der Waals surface area contributed by atoms with Crippen molar-refractivity contribution in [2.75, 3.05) is 0 Å². The quantitative estimate of drug-likeness (QED) is 0.767. The molecular formula is C16H15BrO3. The van der Waals surface area contributed by atoms with Crippen LogP contribution in [0.1, 0.15) is 35.8 Å². The van der Waals surface area contributed by atoms with Crippen molar-refractivity contribution in [2.24, 2.45) is 0 Å². The lowest BCUT2D eigenvalue weighted by Gasteiger charge is -2.31. The zero-order chi connectivity index (χ0) is 14.3. The van der Waals surface area contributed by atoms with Crippen LogP contribution in [0.15, 0.2) is 40.9 Å². The van der Waals surface area contributed by atoms with Crippen LogP contribution >= 0.6 is 15.9 Å². The van der Waals surface area contributed by atoms with Crippen LogP contribution < -0.4 is 0 Å². The van der Waals surface area contributed by atoms with Crippen LogP contribution in [-0.4, -0.2) is 10.2 Å². The molecule has 0 fully saturated rings. The summed E-state index contributed by atoms with van der Waals surface area (Å²) in [7, 11) is 0. The number of ether oxygens (including phenoxy) is 1. The smallest absolute Gasteiger partial charge is 0.172 e. The van der Waals surface area contributed by atoms with Gasteiger partial charge in [0.15, 0.2) is 11.5 Å². The third kappa shape index (κ3) is 2.19. The molecule has 1 heterocycles. The van der Waals surface area contributed by atoms with E-state index in [2.05, 4.69) is 15.9 Å². The molecule has 0 aliphatic carbocycles. The average Bonchev–Trinajstić information content (AvgIpc) is 2.47. The maximum absolute atomic E-state index is 10.2. The molecule has 104 valence electrons. The van der Waals surface area contributed by atoms with Gasteiger partial charge in [-0.15, -0.1) is 0 Å². The zero-order valence-corrected chi connectivity index (χ0v) is 12.6. The van der Waals surface area contributed by atoms with Crippen LogP contribution in [-0.2, 0) is 11.2 Å². The Kier molecular flexibility index (Phi) is 3.44. The fourth-order valence-corrected chi connectivity index (χ4v) is 3.11. The van der Waals surface area contributed by atoms with E-state index in [9.17, 15) is 10.2 Å². The zero-order valence-electron chi connectivity index (χ0n) is 11.0. The van der Waals surface area contributed by atoms with Gasteiger partial charge in [0.2, 0.25) is 0 Å². The van der Waals surface area contributed by atoms with Gasteiger partial charge in [0.1, 0.15) is 0 Å². The summed E-state index contributed by atoms with van der Waals surface area (Å²) >= 11 is 3.25. The van der Waals surface area contributed by atoms with Gasteiger partial charge >= 0.3 is 0 Å². The summed E-state index contributed by atoms with van der Waals surface area (Å²) in [5, 5.41) is 20.0. The number of aromatic hydroxyl groups is 2. The first-order valence-corrected chi connectivity index (χ1v) is 7.31. The van der Waals surface area contributed by atoms with E-state index < -0.39 is 0 Å². The fraction of sp³-hybridized carbons (Fsp3) is 0.250. The first-order chi connectivity index (χ1) is 9.58. The van der Waals surface area contributed by atoms with Crippen LogP contribution in [0.25, 0.3) is 0 Å². The molecule has 0 spiro atoms. The molecule has 2 unspecified atom stereocenters. The standard InChI is InChI=1S/C16H15BrO3/c1-9-11-7-13(17)16(19)15(18)12(11)8-14(20-9)10-5-3-2-4-6-10/h2-7,9,14,18-19H,8H2,1H3. The number of rotatable bonds is 1. The maximum Gasteiger partial charge on any atom is 0.172 e. The molecule has 1 aliphatic heterocycles. The molecule has 3 rings (SSSR count). The van der Waals surface area contributed by atoms with E-state index in [1.807, 2.05) is 43.3 Å². The van der Waals surface area contributed by atoms with Crippen molar-refractivity contribution in [3.05, 3.63) is 57.6 Å². The Morgan fingerprint density at radius 3 is 2.55 bits per heavy atom. The second-order valence-electron chi connectivity index (χ2n) is 5.01. The number of fused-ring (bicyclic) bond motifs is 1. The van der Waals surface area contributed by atoms with Gasteiger partial charge in [-0.25, -0.2) is 0 Å². The number of phenolic OH excluding ortho intramolecular Hbond substituents is 2. The molecule has 0 saturated carbocycles. The Bertz CT molecular complexity index is 640. The minimum absolute atomic E-state index is 0.0505. The number of phenols is 2. The van der Waals surface area contributed by atoms with Crippen LogP contribution in [0.2, 0.25) is 0 Å². The molecule has 0 amide bonds. The number of hydrogen-bond acceptors (Lipinski definition) is 3. The molecule has 1 aliphatic rings. The number of hydrogen-bond donors (Lipinski definition) is 2. The van der Waals surface area contributed by atoms with Crippen molar-refractivity contribution in [1.82, 2.24) is 0 Å². The number of benzene rings is 2. The van der Waals surface area contributed by atoms with Crippen LogP contribution in [0, 0.1) is 0 Å². The van der Waals surface area contributed by atoms with Gasteiger partial charge in [0.25, 0.3) is 0 Å². The van der Waals surface area contributed by atoms with E-state index >= 15 is 0 Å². The van der Waals surface area contributed by atoms with Crippen molar-refractivity contribution in [1.29, 1.82) is 0 Å². The average molecular weight is 335 g/mol. The monoisotopic (exact) mass is 334 g/mol. The lowest BCUT2D eigenvalue weighted by Crippen LogP contribution is -2.19. The van der Waals surface area contributed by atoms with Gasteiger partial charge in [0, 0.05) is 12.0 Å². The largest absolute Gasteiger partial charge is 0.504 e. The van der Waals surface area contributed by atoms with Crippen LogP contribution in [0.4, 0.5) is 0 Å². The summed E-state index contributed by atoms with van der Waals surface area (Å²) in [5.74, 6) is -0.157. The molecule has 0 radical (unpaired) electrons. The summed E-state index contributed by atoms with van der Waals surface area (Å²) < 4.78 is 6.52. The minimum Gasteiger partial charge on any atom is -0.504 e. The van der Waals surface area contributed by atoms with E-state index in [4.69, 9.17) is 4.74 Å². The molecule has 2 aromatic carbocycles. The first-order valence-electron chi connectivity index (χ1n) is 6.51. The highest BCUT2D eigenvalue weighted by Gasteiger charge is 2.30. The van der Waals surface area contributed by atoms with Gasteiger partial charge in [-0.05, 0) is 40.0 Å². The van der Waals surface area contributed by atoms with Crippen molar-refractivity contribution in [3.63, 3.8) is 0 Å². The number of halogens is 1. The Balaban J connectivity index is 2.05. The van der Waals surface area contributed by atoms with Gasteiger partial charge in [-0.2, -0.15) is 0 Å². The van der Waals surface area contributed by atoms with Crippen molar-refractivity contribution in [2.45, 2.75) is 25.6 Å². The van der Waals surface area contributed by atoms with Gasteiger partial charge in [-0.3, -0.25) is 0 Å². The van der Waals surface area contributed by atoms with E-state index in [1.165, 1.54) is 0 Å². The molecule has 4 heteroatoms. The highest BCUT2D eigenvalue weighted by Crippen LogP contribution is 2.46. The van der Waals surface area contributed by atoms with Crippen molar-refractivity contribution >= 4 is 15.9 Å². The summed E-state index contributed by atoms with van der Waals surface area (Å²) in [5.41, 5.74) is 2.75.